The minimum atomic E-state index is -0.545. The number of fused-ring (bicyclic) bond motifs is 5. The number of aromatic nitrogens is 4. The molecule has 2 N–H and O–H groups in total. The third-order valence-corrected chi connectivity index (χ3v) is 7.28. The minimum absolute atomic E-state index is 0.0769. The summed E-state index contributed by atoms with van der Waals surface area (Å²) in [4.78, 5) is 24.5. The summed E-state index contributed by atoms with van der Waals surface area (Å²) in [5.74, 6) is 0.721. The molecule has 6 heterocycles. The van der Waals surface area contributed by atoms with E-state index in [2.05, 4.69) is 10.1 Å². The number of amides is 1. The number of hydrogen-bond donors (Lipinski definition) is 1. The normalized spacial score (nSPS) is 21.4. The molecule has 0 radical (unpaired) electrons. The molecule has 4 aromatic rings. The predicted octanol–water partition coefficient (Wildman–Crippen LogP) is 4.78. The molecule has 3 aromatic heterocycles. The Balaban J connectivity index is 1.31. The molecule has 1 aromatic carbocycles. The van der Waals surface area contributed by atoms with Crippen LogP contribution < -0.4 is 5.73 Å². The highest BCUT2D eigenvalue weighted by molar-refractivity contribution is 5.78. The van der Waals surface area contributed by atoms with Crippen molar-refractivity contribution in [1.29, 1.82) is 0 Å². The quantitative estimate of drug-likeness (QED) is 0.421. The number of benzene rings is 1. The van der Waals surface area contributed by atoms with E-state index < -0.39 is 5.60 Å². The van der Waals surface area contributed by atoms with Gasteiger partial charge >= 0.3 is 6.09 Å². The number of nitrogen functional groups attached to an aromatic ring is 1. The Morgan fingerprint density at radius 1 is 1.08 bits per heavy atom. The van der Waals surface area contributed by atoms with Crippen LogP contribution in [0.15, 0.2) is 60.9 Å². The summed E-state index contributed by atoms with van der Waals surface area (Å²) in [5.41, 5.74) is 11.3. The van der Waals surface area contributed by atoms with E-state index in [0.717, 1.165) is 34.5 Å². The van der Waals surface area contributed by atoms with Crippen LogP contribution in [0.2, 0.25) is 0 Å². The fraction of sp³-hybridized carbons (Fsp3) is 0.379. The van der Waals surface area contributed by atoms with Gasteiger partial charge in [0, 0.05) is 47.3 Å². The SMILES string of the molecule is CC(C)(C)OC(=O)N1CC2COCC1CC2c1cc(N)n2ncc(-c3ccc(-c4ccccc4)nc3)c2n1. The van der Waals surface area contributed by atoms with Crippen molar-refractivity contribution in [2.24, 2.45) is 5.92 Å². The van der Waals surface area contributed by atoms with Crippen LogP contribution >= 0.6 is 0 Å². The molecule has 9 heteroatoms. The molecule has 0 spiro atoms. The second kappa shape index (κ2) is 9.40. The second-order valence-corrected chi connectivity index (χ2v) is 11.1. The standard InChI is InChI=1S/C29H32N6O3/c1-29(2,3)38-28(36)34-15-20-16-37-17-21(34)11-22(20)25-12-26(30)35-27(33-25)23(14-32-35)19-9-10-24(31-13-19)18-7-5-4-6-8-18/h4-10,12-14,20-22H,11,15-17,30H2,1-3H3. The molecule has 196 valence electrons. The predicted molar refractivity (Wildman–Crippen MR) is 144 cm³/mol. The summed E-state index contributed by atoms with van der Waals surface area (Å²) in [7, 11) is 0. The molecule has 3 saturated heterocycles. The third-order valence-electron chi connectivity index (χ3n) is 7.28. The molecule has 1 amide bonds. The van der Waals surface area contributed by atoms with Gasteiger partial charge in [0.1, 0.15) is 11.4 Å². The molecule has 3 fully saturated rings. The molecule has 0 saturated carbocycles. The zero-order chi connectivity index (χ0) is 26.4. The molecule has 2 bridgehead atoms. The van der Waals surface area contributed by atoms with Crippen molar-refractivity contribution < 1.29 is 14.3 Å². The maximum Gasteiger partial charge on any atom is 0.410 e. The molecule has 3 aliphatic heterocycles. The van der Waals surface area contributed by atoms with Gasteiger partial charge in [0.05, 0.1) is 36.8 Å². The molecular formula is C29H32N6O3. The van der Waals surface area contributed by atoms with Crippen LogP contribution in [-0.2, 0) is 9.47 Å². The first-order chi connectivity index (χ1) is 18.3. The summed E-state index contributed by atoms with van der Waals surface area (Å²) < 4.78 is 13.3. The number of nitrogens with zero attached hydrogens (tertiary/aromatic N) is 5. The summed E-state index contributed by atoms with van der Waals surface area (Å²) in [6, 6.07) is 16.0. The number of pyridine rings is 1. The summed E-state index contributed by atoms with van der Waals surface area (Å²) in [6.45, 7) is 7.27. The molecule has 7 rings (SSSR count). The van der Waals surface area contributed by atoms with Gasteiger partial charge in [-0.3, -0.25) is 4.98 Å². The topological polar surface area (TPSA) is 108 Å². The second-order valence-electron chi connectivity index (χ2n) is 11.1. The van der Waals surface area contributed by atoms with Crippen LogP contribution in [0.1, 0.15) is 38.8 Å². The Hall–Kier alpha value is -3.98. The number of piperidine rings is 1. The number of hydrogen-bond acceptors (Lipinski definition) is 7. The number of rotatable bonds is 3. The zero-order valence-electron chi connectivity index (χ0n) is 21.9. The number of anilines is 1. The van der Waals surface area contributed by atoms with Crippen molar-refractivity contribution in [2.45, 2.75) is 44.8 Å². The smallest absolute Gasteiger partial charge is 0.410 e. The van der Waals surface area contributed by atoms with E-state index in [0.29, 0.717) is 31.2 Å². The molecular weight excluding hydrogens is 480 g/mol. The Kier molecular flexibility index (Phi) is 6.03. The molecule has 3 atom stereocenters. The lowest BCUT2D eigenvalue weighted by Crippen LogP contribution is -2.50. The average molecular weight is 513 g/mol. The minimum Gasteiger partial charge on any atom is -0.444 e. The van der Waals surface area contributed by atoms with Crippen molar-refractivity contribution >= 4 is 17.6 Å². The van der Waals surface area contributed by atoms with E-state index in [1.807, 2.05) is 80.4 Å². The largest absolute Gasteiger partial charge is 0.444 e. The van der Waals surface area contributed by atoms with Gasteiger partial charge in [-0.05, 0) is 33.3 Å². The van der Waals surface area contributed by atoms with E-state index in [-0.39, 0.29) is 24.0 Å². The lowest BCUT2D eigenvalue weighted by molar-refractivity contribution is 0.00360. The maximum absolute atomic E-state index is 12.9. The Morgan fingerprint density at radius 2 is 1.89 bits per heavy atom. The number of ether oxygens (including phenoxy) is 2. The molecule has 38 heavy (non-hydrogen) atoms. The van der Waals surface area contributed by atoms with Gasteiger partial charge in [-0.2, -0.15) is 9.61 Å². The summed E-state index contributed by atoms with van der Waals surface area (Å²) in [6.07, 6.45) is 4.09. The maximum atomic E-state index is 12.9. The van der Waals surface area contributed by atoms with Gasteiger partial charge in [-0.15, -0.1) is 0 Å². The van der Waals surface area contributed by atoms with E-state index >= 15 is 0 Å². The van der Waals surface area contributed by atoms with Crippen molar-refractivity contribution in [3.8, 4) is 22.4 Å². The van der Waals surface area contributed by atoms with E-state index in [1.165, 1.54) is 0 Å². The highest BCUT2D eigenvalue weighted by Crippen LogP contribution is 2.40. The summed E-state index contributed by atoms with van der Waals surface area (Å²) in [5, 5.41) is 4.50. The lowest BCUT2D eigenvalue weighted by Gasteiger charge is -2.40. The van der Waals surface area contributed by atoms with Crippen LogP contribution in [0, 0.1) is 5.92 Å². The van der Waals surface area contributed by atoms with Crippen LogP contribution in [0.5, 0.6) is 0 Å². The Morgan fingerprint density at radius 3 is 2.63 bits per heavy atom. The Bertz CT molecular complexity index is 1460. The fourth-order valence-electron chi connectivity index (χ4n) is 5.46. The van der Waals surface area contributed by atoms with E-state index in [1.54, 1.807) is 10.7 Å². The number of nitrogens with two attached hydrogens (primary N) is 1. The van der Waals surface area contributed by atoms with Gasteiger partial charge in [-0.1, -0.05) is 36.4 Å². The van der Waals surface area contributed by atoms with Crippen molar-refractivity contribution in [3.05, 3.63) is 66.6 Å². The first kappa shape index (κ1) is 24.4. The van der Waals surface area contributed by atoms with E-state index in [4.69, 9.17) is 20.2 Å². The van der Waals surface area contributed by atoms with Gasteiger partial charge in [0.15, 0.2) is 5.65 Å². The summed E-state index contributed by atoms with van der Waals surface area (Å²) >= 11 is 0. The first-order valence-electron chi connectivity index (χ1n) is 13.0. The van der Waals surface area contributed by atoms with E-state index in [9.17, 15) is 4.79 Å². The molecule has 3 unspecified atom stereocenters. The monoisotopic (exact) mass is 512 g/mol. The highest BCUT2D eigenvalue weighted by Gasteiger charge is 2.43. The average Bonchev–Trinajstić information content (AvgIpc) is 3.08. The zero-order valence-corrected chi connectivity index (χ0v) is 21.9. The number of carbonyl (C=O) groups excluding carboxylic acids is 1. The number of carbonyl (C=O) groups is 1. The van der Waals surface area contributed by atoms with Gasteiger partial charge in [-0.25, -0.2) is 9.78 Å². The first-order valence-corrected chi connectivity index (χ1v) is 13.0. The highest BCUT2D eigenvalue weighted by atomic mass is 16.6. The van der Waals surface area contributed by atoms with Gasteiger partial charge < -0.3 is 20.1 Å². The third kappa shape index (κ3) is 4.58. The molecule has 9 nitrogen and oxygen atoms in total. The molecule has 3 aliphatic rings. The van der Waals surface area contributed by atoms with Gasteiger partial charge in [0.25, 0.3) is 0 Å². The van der Waals surface area contributed by atoms with Crippen molar-refractivity contribution in [2.75, 3.05) is 25.5 Å². The lowest BCUT2D eigenvalue weighted by atomic mass is 9.81. The van der Waals surface area contributed by atoms with Crippen LogP contribution in [0.25, 0.3) is 28.0 Å². The van der Waals surface area contributed by atoms with Gasteiger partial charge in [0.2, 0.25) is 0 Å². The van der Waals surface area contributed by atoms with Crippen LogP contribution in [0.3, 0.4) is 0 Å². The van der Waals surface area contributed by atoms with Crippen molar-refractivity contribution in [3.63, 3.8) is 0 Å². The molecule has 0 aliphatic carbocycles. The Labute approximate surface area is 221 Å². The van der Waals surface area contributed by atoms with Crippen LogP contribution in [0.4, 0.5) is 10.6 Å². The van der Waals surface area contributed by atoms with Crippen LogP contribution in [-0.4, -0.2) is 62.0 Å². The fourth-order valence-corrected chi connectivity index (χ4v) is 5.46. The van der Waals surface area contributed by atoms with Crippen molar-refractivity contribution in [1.82, 2.24) is 24.5 Å².